The van der Waals surface area contributed by atoms with E-state index in [1.54, 1.807) is 6.07 Å². The first-order valence-electron chi connectivity index (χ1n) is 13.8. The van der Waals surface area contributed by atoms with Gasteiger partial charge in [-0.2, -0.15) is 21.6 Å². The Kier molecular flexibility index (Phi) is 7.03. The van der Waals surface area contributed by atoms with Gasteiger partial charge in [0.25, 0.3) is 15.9 Å². The molecule has 5 heterocycles. The zero-order valence-corrected chi connectivity index (χ0v) is 24.3. The molecule has 43 heavy (non-hydrogen) atoms. The van der Waals surface area contributed by atoms with Crippen LogP contribution in [-0.4, -0.2) is 78.1 Å². The number of anilines is 2. The first-order chi connectivity index (χ1) is 20.3. The lowest BCUT2D eigenvalue weighted by molar-refractivity contribution is -0.194. The van der Waals surface area contributed by atoms with E-state index in [2.05, 4.69) is 25.4 Å². The van der Waals surface area contributed by atoms with Gasteiger partial charge in [-0.3, -0.25) is 4.79 Å². The Labute approximate surface area is 246 Å². The summed E-state index contributed by atoms with van der Waals surface area (Å²) in [4.78, 5) is 24.3. The minimum atomic E-state index is -4.35. The number of sulfonamides is 1. The first kappa shape index (κ1) is 29.2. The van der Waals surface area contributed by atoms with Crippen LogP contribution in [0.15, 0.2) is 47.6 Å². The molecule has 3 aliphatic rings. The number of fused-ring (bicyclic) bond motifs is 6. The second kappa shape index (κ2) is 10.4. The SMILES string of the molecule is CC1(C)CC2CN1c1nc(-n3ccc(OCC4(C(F)(F)F)CC4)n3)ccc1C(=O)NS(=O)(=O)c1cccc(n1)NCCN2. The number of hydrogen-bond donors (Lipinski definition) is 3. The Balaban J connectivity index is 1.34. The quantitative estimate of drug-likeness (QED) is 0.399. The Morgan fingerprint density at radius 2 is 1.88 bits per heavy atom. The zero-order chi connectivity index (χ0) is 30.6. The van der Waals surface area contributed by atoms with Crippen LogP contribution in [0.2, 0.25) is 0 Å². The average Bonchev–Trinajstić information content (AvgIpc) is 3.50. The van der Waals surface area contributed by atoms with E-state index in [4.69, 9.17) is 9.72 Å². The smallest absolute Gasteiger partial charge is 0.397 e. The monoisotopic (exact) mass is 620 g/mol. The van der Waals surface area contributed by atoms with Gasteiger partial charge in [-0.15, -0.1) is 5.10 Å². The van der Waals surface area contributed by atoms with Gasteiger partial charge in [0.1, 0.15) is 23.7 Å². The fourth-order valence-corrected chi connectivity index (χ4v) is 6.38. The largest absolute Gasteiger partial charge is 0.476 e. The molecule has 3 aromatic rings. The van der Waals surface area contributed by atoms with Crippen LogP contribution < -0.4 is 25.0 Å². The highest BCUT2D eigenvalue weighted by molar-refractivity contribution is 7.90. The maximum atomic E-state index is 13.5. The molecule has 3 aromatic heterocycles. The number of amides is 1. The van der Waals surface area contributed by atoms with Gasteiger partial charge < -0.3 is 20.3 Å². The number of aromatic nitrogens is 4. The molecule has 3 N–H and O–H groups in total. The highest BCUT2D eigenvalue weighted by Gasteiger charge is 2.64. The van der Waals surface area contributed by atoms with Gasteiger partial charge in [0.2, 0.25) is 5.88 Å². The molecule has 1 unspecified atom stereocenters. The maximum Gasteiger partial charge on any atom is 0.397 e. The lowest BCUT2D eigenvalue weighted by Gasteiger charge is -2.33. The second-order valence-electron chi connectivity index (χ2n) is 11.7. The first-order valence-corrected chi connectivity index (χ1v) is 15.3. The third-order valence-corrected chi connectivity index (χ3v) is 9.31. The number of ether oxygens (including phenoxy) is 1. The molecule has 230 valence electrons. The van der Waals surface area contributed by atoms with Crippen molar-refractivity contribution in [3.8, 4) is 11.7 Å². The predicted molar refractivity (Wildman–Crippen MR) is 150 cm³/mol. The number of carbonyl (C=O) groups is 1. The van der Waals surface area contributed by atoms with E-state index in [-0.39, 0.29) is 47.0 Å². The van der Waals surface area contributed by atoms with Crippen molar-refractivity contribution >= 4 is 27.6 Å². The van der Waals surface area contributed by atoms with Crippen molar-refractivity contribution in [2.75, 3.05) is 36.5 Å². The summed E-state index contributed by atoms with van der Waals surface area (Å²) in [6, 6.07) is 8.89. The van der Waals surface area contributed by atoms with Crippen molar-refractivity contribution in [1.29, 1.82) is 0 Å². The third-order valence-electron chi connectivity index (χ3n) is 8.08. The summed E-state index contributed by atoms with van der Waals surface area (Å²) in [5.74, 6) is -0.0134. The van der Waals surface area contributed by atoms with Crippen molar-refractivity contribution in [3.63, 3.8) is 0 Å². The van der Waals surface area contributed by atoms with Crippen LogP contribution >= 0.6 is 0 Å². The molecule has 0 spiro atoms. The topological polar surface area (TPSA) is 143 Å². The number of hydrogen-bond acceptors (Lipinski definition) is 10. The van der Waals surface area contributed by atoms with E-state index in [1.165, 1.54) is 41.2 Å². The number of nitrogens with zero attached hydrogens (tertiary/aromatic N) is 5. The van der Waals surface area contributed by atoms with Crippen LogP contribution in [0.5, 0.6) is 5.88 Å². The molecule has 1 saturated heterocycles. The van der Waals surface area contributed by atoms with E-state index in [0.29, 0.717) is 31.9 Å². The Hall–Kier alpha value is -3.92. The lowest BCUT2D eigenvalue weighted by Crippen LogP contribution is -2.41. The molecule has 1 saturated carbocycles. The highest BCUT2D eigenvalue weighted by atomic mass is 32.2. The Morgan fingerprint density at radius 3 is 2.63 bits per heavy atom. The van der Waals surface area contributed by atoms with E-state index in [9.17, 15) is 26.4 Å². The van der Waals surface area contributed by atoms with Crippen molar-refractivity contribution in [2.24, 2.45) is 5.41 Å². The Bertz CT molecular complexity index is 1660. The molecule has 1 aliphatic carbocycles. The van der Waals surface area contributed by atoms with E-state index >= 15 is 0 Å². The number of halogens is 3. The molecule has 0 aromatic carbocycles. The van der Waals surface area contributed by atoms with Gasteiger partial charge in [-0.1, -0.05) is 6.07 Å². The average molecular weight is 621 g/mol. The van der Waals surface area contributed by atoms with Crippen LogP contribution in [0.1, 0.15) is 43.5 Å². The normalized spacial score (nSPS) is 22.4. The number of pyridine rings is 2. The minimum Gasteiger partial charge on any atom is -0.476 e. The van der Waals surface area contributed by atoms with Crippen molar-refractivity contribution in [2.45, 2.75) is 55.9 Å². The van der Waals surface area contributed by atoms with Gasteiger partial charge in [-0.05, 0) is 57.4 Å². The Morgan fingerprint density at radius 1 is 1.09 bits per heavy atom. The molecule has 2 aliphatic heterocycles. The lowest BCUT2D eigenvalue weighted by atomic mass is 10.00. The number of rotatable bonds is 4. The van der Waals surface area contributed by atoms with Gasteiger partial charge in [0, 0.05) is 43.5 Å². The standard InChI is InChI=1S/C27H31F3N8O4S/c1-25(2)14-17-15-37(25)23-18(24(39)36-43(40,41)22-5-3-4-19(33-22)32-12-11-31-17)6-7-20(34-23)38-13-8-21(35-38)42-16-26(9-10-26)27(28,29)30/h3-8,13,17,31H,9-12,14-16H2,1-2H3,(H,32,33)(H,36,39). The summed E-state index contributed by atoms with van der Waals surface area (Å²) in [5.41, 5.74) is -2.28. The molecular formula is C27H31F3N8O4S. The number of carbonyl (C=O) groups excluding carboxylic acids is 1. The number of nitrogens with one attached hydrogen (secondary N) is 3. The predicted octanol–water partition coefficient (Wildman–Crippen LogP) is 2.87. The van der Waals surface area contributed by atoms with Crippen LogP contribution in [0, 0.1) is 5.41 Å². The third kappa shape index (κ3) is 5.72. The summed E-state index contributed by atoms with van der Waals surface area (Å²) in [6.07, 6.45) is -2.11. The molecule has 1 amide bonds. The summed E-state index contributed by atoms with van der Waals surface area (Å²) in [6.45, 7) is 5.04. The molecule has 4 bridgehead atoms. The highest BCUT2D eigenvalue weighted by Crippen LogP contribution is 2.57. The molecule has 12 nitrogen and oxygen atoms in total. The summed E-state index contributed by atoms with van der Waals surface area (Å²) in [7, 11) is -4.32. The fraction of sp³-hybridized carbons (Fsp3) is 0.481. The summed E-state index contributed by atoms with van der Waals surface area (Å²) < 4.78 is 75.1. The second-order valence-corrected chi connectivity index (χ2v) is 13.3. The van der Waals surface area contributed by atoms with Gasteiger partial charge in [0.05, 0.1) is 5.56 Å². The molecule has 16 heteroatoms. The van der Waals surface area contributed by atoms with Crippen molar-refractivity contribution in [3.05, 3.63) is 48.2 Å². The molecular weight excluding hydrogens is 589 g/mol. The van der Waals surface area contributed by atoms with Gasteiger partial charge in [0.15, 0.2) is 10.8 Å². The van der Waals surface area contributed by atoms with Crippen LogP contribution in [-0.2, 0) is 10.0 Å². The van der Waals surface area contributed by atoms with E-state index in [0.717, 1.165) is 0 Å². The van der Waals surface area contributed by atoms with Crippen molar-refractivity contribution in [1.82, 2.24) is 29.8 Å². The maximum absolute atomic E-state index is 13.5. The van der Waals surface area contributed by atoms with Crippen molar-refractivity contribution < 1.29 is 31.1 Å². The fourth-order valence-electron chi connectivity index (χ4n) is 5.45. The van der Waals surface area contributed by atoms with Crippen LogP contribution in [0.4, 0.5) is 24.8 Å². The molecule has 1 atom stereocenters. The van der Waals surface area contributed by atoms with E-state index in [1.807, 2.05) is 18.7 Å². The van der Waals surface area contributed by atoms with Gasteiger partial charge >= 0.3 is 6.18 Å². The van der Waals surface area contributed by atoms with Crippen LogP contribution in [0.25, 0.3) is 5.82 Å². The summed E-state index contributed by atoms with van der Waals surface area (Å²) in [5, 5.41) is 10.5. The molecule has 6 rings (SSSR count). The van der Waals surface area contributed by atoms with Gasteiger partial charge in [-0.25, -0.2) is 19.4 Å². The molecule has 0 radical (unpaired) electrons. The van der Waals surface area contributed by atoms with Crippen LogP contribution in [0.3, 0.4) is 0 Å². The molecule has 2 fully saturated rings. The zero-order valence-electron chi connectivity index (χ0n) is 23.5. The number of alkyl halides is 3. The minimum absolute atomic E-state index is 0.00594. The van der Waals surface area contributed by atoms with E-state index < -0.39 is 39.7 Å². The summed E-state index contributed by atoms with van der Waals surface area (Å²) >= 11 is 0.